The average Bonchev–Trinajstić information content (AvgIpc) is 2.21. The van der Waals surface area contributed by atoms with E-state index in [9.17, 15) is 0 Å². The molecule has 3 heteroatoms. The van der Waals surface area contributed by atoms with Gasteiger partial charge in [0.15, 0.2) is 0 Å². The van der Waals surface area contributed by atoms with Gasteiger partial charge in [-0.2, -0.15) is 0 Å². The molecule has 1 atom stereocenters. The highest BCUT2D eigenvalue weighted by Gasteiger charge is 2.27. The molecular formula is C14H19Br2N. The molecule has 1 saturated carbocycles. The van der Waals surface area contributed by atoms with E-state index in [1.54, 1.807) is 0 Å². The Morgan fingerprint density at radius 1 is 1.29 bits per heavy atom. The smallest absolute Gasteiger partial charge is 0.0487 e. The van der Waals surface area contributed by atoms with Crippen molar-refractivity contribution in [1.82, 2.24) is 0 Å². The summed E-state index contributed by atoms with van der Waals surface area (Å²) in [7, 11) is 0. The van der Waals surface area contributed by atoms with Crippen molar-refractivity contribution in [3.8, 4) is 0 Å². The second kappa shape index (κ2) is 5.31. The van der Waals surface area contributed by atoms with Crippen LogP contribution in [0.5, 0.6) is 0 Å². The minimum Gasteiger partial charge on any atom is -0.381 e. The number of halogens is 2. The van der Waals surface area contributed by atoms with Gasteiger partial charge < -0.3 is 5.32 Å². The number of hydrogen-bond donors (Lipinski definition) is 1. The Kier molecular flexibility index (Phi) is 4.19. The summed E-state index contributed by atoms with van der Waals surface area (Å²) in [5.41, 5.74) is 1.69. The molecule has 0 spiro atoms. The molecule has 1 aliphatic rings. The fraction of sp³-hybridized carbons (Fsp3) is 0.571. The minimum atomic E-state index is 0.484. The molecule has 1 fully saturated rings. The van der Waals surface area contributed by atoms with E-state index in [0.29, 0.717) is 11.5 Å². The largest absolute Gasteiger partial charge is 0.381 e. The summed E-state index contributed by atoms with van der Waals surface area (Å²) in [6.07, 6.45) is 5.23. The highest BCUT2D eigenvalue weighted by molar-refractivity contribution is 9.11. The zero-order valence-corrected chi connectivity index (χ0v) is 13.6. The molecule has 0 bridgehead atoms. The molecule has 1 nitrogen and oxygen atoms in total. The van der Waals surface area contributed by atoms with E-state index in [1.807, 2.05) is 0 Å². The molecule has 0 amide bonds. The lowest BCUT2D eigenvalue weighted by Gasteiger charge is -2.36. The third kappa shape index (κ3) is 3.72. The standard InChI is InChI=1S/C14H19Br2N/c1-14(2)7-3-4-11(9-14)17-13-6-5-10(15)8-12(13)16/h5-6,8,11,17H,3-4,7,9H2,1-2H3. The number of anilines is 1. The Morgan fingerprint density at radius 2 is 2.06 bits per heavy atom. The Morgan fingerprint density at radius 3 is 2.71 bits per heavy atom. The van der Waals surface area contributed by atoms with Crippen LogP contribution < -0.4 is 5.32 Å². The van der Waals surface area contributed by atoms with Crippen molar-refractivity contribution in [2.24, 2.45) is 5.41 Å². The molecule has 0 aliphatic heterocycles. The third-order valence-corrected chi connectivity index (χ3v) is 4.65. The summed E-state index contributed by atoms with van der Waals surface area (Å²) in [5, 5.41) is 3.66. The lowest BCUT2D eigenvalue weighted by molar-refractivity contribution is 0.229. The second-order valence-corrected chi connectivity index (χ2v) is 7.50. The fourth-order valence-corrected chi connectivity index (χ4v) is 3.81. The van der Waals surface area contributed by atoms with E-state index in [2.05, 4.69) is 69.2 Å². The molecule has 1 aromatic rings. The number of rotatable bonds is 2. The van der Waals surface area contributed by atoms with Gasteiger partial charge in [-0.05, 0) is 58.8 Å². The van der Waals surface area contributed by atoms with Crippen LogP contribution in [0.1, 0.15) is 39.5 Å². The number of benzene rings is 1. The van der Waals surface area contributed by atoms with E-state index in [0.717, 1.165) is 8.95 Å². The number of hydrogen-bond acceptors (Lipinski definition) is 1. The maximum atomic E-state index is 3.66. The van der Waals surface area contributed by atoms with Crippen molar-refractivity contribution in [2.75, 3.05) is 5.32 Å². The van der Waals surface area contributed by atoms with E-state index in [1.165, 1.54) is 31.4 Å². The summed E-state index contributed by atoms with van der Waals surface area (Å²) >= 11 is 7.09. The van der Waals surface area contributed by atoms with Crippen LogP contribution in [0.2, 0.25) is 0 Å². The Bertz CT molecular complexity index is 401. The van der Waals surface area contributed by atoms with Gasteiger partial charge in [-0.15, -0.1) is 0 Å². The summed E-state index contributed by atoms with van der Waals surface area (Å²) in [4.78, 5) is 0. The topological polar surface area (TPSA) is 12.0 Å². The van der Waals surface area contributed by atoms with E-state index in [-0.39, 0.29) is 0 Å². The Balaban J connectivity index is 2.05. The maximum Gasteiger partial charge on any atom is 0.0487 e. The van der Waals surface area contributed by atoms with Crippen LogP contribution in [0.3, 0.4) is 0 Å². The Hall–Kier alpha value is -0.0200. The predicted octanol–water partition coefficient (Wildman–Crippen LogP) is 5.59. The van der Waals surface area contributed by atoms with E-state index >= 15 is 0 Å². The first-order chi connectivity index (χ1) is 7.96. The van der Waals surface area contributed by atoms with Crippen molar-refractivity contribution in [2.45, 2.75) is 45.6 Å². The Labute approximate surface area is 121 Å². The monoisotopic (exact) mass is 359 g/mol. The second-order valence-electron chi connectivity index (χ2n) is 5.73. The molecule has 0 saturated heterocycles. The summed E-state index contributed by atoms with van der Waals surface area (Å²) in [6.45, 7) is 4.74. The molecule has 2 rings (SSSR count). The van der Waals surface area contributed by atoms with Gasteiger partial charge in [-0.25, -0.2) is 0 Å². The highest BCUT2D eigenvalue weighted by atomic mass is 79.9. The molecule has 94 valence electrons. The van der Waals surface area contributed by atoms with Gasteiger partial charge in [0.25, 0.3) is 0 Å². The summed E-state index contributed by atoms with van der Waals surface area (Å²) in [6, 6.07) is 6.92. The van der Waals surface area contributed by atoms with Gasteiger partial charge in [-0.3, -0.25) is 0 Å². The average molecular weight is 361 g/mol. The van der Waals surface area contributed by atoms with E-state index < -0.39 is 0 Å². The molecule has 0 radical (unpaired) electrons. The summed E-state index contributed by atoms with van der Waals surface area (Å²) < 4.78 is 2.24. The quantitative estimate of drug-likeness (QED) is 0.724. The van der Waals surface area contributed by atoms with Crippen LogP contribution in [0.15, 0.2) is 27.1 Å². The molecule has 0 aromatic heterocycles. The molecule has 1 aromatic carbocycles. The van der Waals surface area contributed by atoms with Crippen LogP contribution >= 0.6 is 31.9 Å². The van der Waals surface area contributed by atoms with Crippen molar-refractivity contribution in [3.05, 3.63) is 27.1 Å². The van der Waals surface area contributed by atoms with Gasteiger partial charge in [0.1, 0.15) is 0 Å². The van der Waals surface area contributed by atoms with Crippen molar-refractivity contribution < 1.29 is 0 Å². The van der Waals surface area contributed by atoms with Crippen LogP contribution in [0.4, 0.5) is 5.69 Å². The van der Waals surface area contributed by atoms with Crippen molar-refractivity contribution >= 4 is 37.5 Å². The van der Waals surface area contributed by atoms with Crippen LogP contribution in [-0.4, -0.2) is 6.04 Å². The normalized spacial score (nSPS) is 23.4. The fourth-order valence-electron chi connectivity index (χ4n) is 2.65. The summed E-state index contributed by atoms with van der Waals surface area (Å²) in [5.74, 6) is 0. The van der Waals surface area contributed by atoms with Crippen LogP contribution in [0, 0.1) is 5.41 Å². The van der Waals surface area contributed by atoms with E-state index in [4.69, 9.17) is 0 Å². The van der Waals surface area contributed by atoms with Crippen molar-refractivity contribution in [3.63, 3.8) is 0 Å². The molecular weight excluding hydrogens is 342 g/mol. The van der Waals surface area contributed by atoms with Gasteiger partial charge in [0.2, 0.25) is 0 Å². The minimum absolute atomic E-state index is 0.484. The van der Waals surface area contributed by atoms with Crippen LogP contribution in [0.25, 0.3) is 0 Å². The number of nitrogens with one attached hydrogen (secondary N) is 1. The third-order valence-electron chi connectivity index (χ3n) is 3.50. The molecule has 0 heterocycles. The molecule has 1 aliphatic carbocycles. The first kappa shape index (κ1) is 13.4. The SMILES string of the molecule is CC1(C)CCCC(Nc2ccc(Br)cc2Br)C1. The first-order valence-electron chi connectivity index (χ1n) is 6.18. The molecule has 1 N–H and O–H groups in total. The lowest BCUT2D eigenvalue weighted by atomic mass is 9.75. The zero-order valence-electron chi connectivity index (χ0n) is 10.4. The predicted molar refractivity (Wildman–Crippen MR) is 81.5 cm³/mol. The van der Waals surface area contributed by atoms with Gasteiger partial charge in [0, 0.05) is 20.7 Å². The zero-order chi connectivity index (χ0) is 12.5. The maximum absolute atomic E-state index is 3.66. The molecule has 17 heavy (non-hydrogen) atoms. The van der Waals surface area contributed by atoms with Crippen LogP contribution in [-0.2, 0) is 0 Å². The highest BCUT2D eigenvalue weighted by Crippen LogP contribution is 2.37. The van der Waals surface area contributed by atoms with Crippen molar-refractivity contribution in [1.29, 1.82) is 0 Å². The van der Waals surface area contributed by atoms with Gasteiger partial charge >= 0.3 is 0 Å². The van der Waals surface area contributed by atoms with Gasteiger partial charge in [0.05, 0.1) is 0 Å². The first-order valence-corrected chi connectivity index (χ1v) is 7.76. The van der Waals surface area contributed by atoms with Gasteiger partial charge in [-0.1, -0.05) is 36.2 Å². The molecule has 1 unspecified atom stereocenters. The lowest BCUT2D eigenvalue weighted by Crippen LogP contribution is -2.31.